The minimum absolute atomic E-state index is 0.0213. The molecule has 0 unspecified atom stereocenters. The number of sulfonamides is 1. The number of nitrogens with one attached hydrogen (secondary N) is 1. The highest BCUT2D eigenvalue weighted by Crippen LogP contribution is 2.29. The highest BCUT2D eigenvalue weighted by molar-refractivity contribution is 7.93. The molecule has 10 heteroatoms. The molecule has 0 aliphatic carbocycles. The summed E-state index contributed by atoms with van der Waals surface area (Å²) in [5.74, 6) is 0. The van der Waals surface area contributed by atoms with Gasteiger partial charge in [-0.3, -0.25) is 4.72 Å². The van der Waals surface area contributed by atoms with Gasteiger partial charge in [-0.1, -0.05) is 18.2 Å². The lowest BCUT2D eigenvalue weighted by Crippen LogP contribution is -2.30. The summed E-state index contributed by atoms with van der Waals surface area (Å²) < 4.78 is 85.7. The second-order valence-corrected chi connectivity index (χ2v) is 8.47. The molecular weight excluding hydrogens is 367 g/mol. The summed E-state index contributed by atoms with van der Waals surface area (Å²) in [7, 11) is -9.42. The highest BCUT2D eigenvalue weighted by atomic mass is 32.2. The lowest BCUT2D eigenvalue weighted by Gasteiger charge is -2.13. The number of halogens is 3. The van der Waals surface area contributed by atoms with Gasteiger partial charge < -0.3 is 0 Å². The van der Waals surface area contributed by atoms with Gasteiger partial charge in [-0.2, -0.15) is 21.6 Å². The number of hydrogen-bond acceptors (Lipinski definition) is 4. The first-order valence-corrected chi connectivity index (χ1v) is 9.42. The summed E-state index contributed by atoms with van der Waals surface area (Å²) >= 11 is 0. The van der Waals surface area contributed by atoms with Gasteiger partial charge in [0.1, 0.15) is 0 Å². The van der Waals surface area contributed by atoms with Gasteiger partial charge in [0.2, 0.25) is 9.84 Å². The van der Waals surface area contributed by atoms with Crippen molar-refractivity contribution in [3.63, 3.8) is 0 Å². The summed E-state index contributed by atoms with van der Waals surface area (Å²) in [5.41, 5.74) is -5.77. The molecule has 0 radical (unpaired) electrons. The number of alkyl halides is 3. The zero-order valence-corrected chi connectivity index (χ0v) is 13.8. The van der Waals surface area contributed by atoms with Crippen LogP contribution in [0.25, 0.3) is 0 Å². The maximum Gasteiger partial charge on any atom is 0.516 e. The van der Waals surface area contributed by atoms with Crippen molar-refractivity contribution in [1.82, 2.24) is 0 Å². The molecule has 5 nitrogen and oxygen atoms in total. The van der Waals surface area contributed by atoms with E-state index in [1.54, 1.807) is 6.07 Å². The molecule has 0 aliphatic heterocycles. The van der Waals surface area contributed by atoms with Crippen molar-refractivity contribution in [2.45, 2.75) is 22.2 Å². The van der Waals surface area contributed by atoms with Gasteiger partial charge in [0.25, 0.3) is 0 Å². The molecule has 24 heavy (non-hydrogen) atoms. The van der Waals surface area contributed by atoms with E-state index in [1.807, 2.05) is 0 Å². The first-order valence-electron chi connectivity index (χ1n) is 6.45. The smallest absolute Gasteiger partial charge is 0.276 e. The summed E-state index contributed by atoms with van der Waals surface area (Å²) in [6.45, 7) is 1.30. The summed E-state index contributed by atoms with van der Waals surface area (Å²) in [6.07, 6.45) is 0. The standard InChI is InChI=1S/C14H12F3NO4S2/c1-10-9-12(23(19,20)11-5-3-2-4-6-11)7-8-13(10)18-24(21,22)14(15,16)17/h2-9,18H,1H3. The summed E-state index contributed by atoms with van der Waals surface area (Å²) in [5, 5.41) is 0. The maximum atomic E-state index is 12.4. The van der Waals surface area contributed by atoms with Crippen LogP contribution in [0.3, 0.4) is 0 Å². The zero-order valence-electron chi connectivity index (χ0n) is 12.2. The van der Waals surface area contributed by atoms with Gasteiger partial charge in [-0.25, -0.2) is 8.42 Å². The van der Waals surface area contributed by atoms with E-state index in [4.69, 9.17) is 0 Å². The van der Waals surface area contributed by atoms with Crippen molar-refractivity contribution in [2.24, 2.45) is 0 Å². The van der Waals surface area contributed by atoms with E-state index in [9.17, 15) is 30.0 Å². The second-order valence-electron chi connectivity index (χ2n) is 4.84. The molecule has 130 valence electrons. The Balaban J connectivity index is 2.42. The summed E-state index contributed by atoms with van der Waals surface area (Å²) in [6, 6.07) is 10.6. The van der Waals surface area contributed by atoms with Crippen molar-refractivity contribution < 1.29 is 30.0 Å². The van der Waals surface area contributed by atoms with E-state index in [0.29, 0.717) is 0 Å². The monoisotopic (exact) mass is 379 g/mol. The Bertz CT molecular complexity index is 953. The number of rotatable bonds is 4. The molecule has 2 rings (SSSR count). The molecule has 0 aliphatic rings. The first kappa shape index (κ1) is 18.3. The third kappa shape index (κ3) is 3.54. The summed E-state index contributed by atoms with van der Waals surface area (Å²) in [4.78, 5) is -0.130. The van der Waals surface area contributed by atoms with Gasteiger partial charge in [-0.05, 0) is 42.8 Å². The fourth-order valence-electron chi connectivity index (χ4n) is 1.86. The molecule has 0 bridgehead atoms. The largest absolute Gasteiger partial charge is 0.516 e. The Hall–Kier alpha value is -2.07. The van der Waals surface area contributed by atoms with Gasteiger partial charge in [0, 0.05) is 0 Å². The Morgan fingerprint density at radius 1 is 0.875 bits per heavy atom. The van der Waals surface area contributed by atoms with Gasteiger partial charge >= 0.3 is 15.5 Å². The first-order chi connectivity index (χ1) is 10.9. The Morgan fingerprint density at radius 3 is 1.96 bits per heavy atom. The molecule has 0 saturated heterocycles. The van der Waals surface area contributed by atoms with Crippen molar-refractivity contribution in [3.8, 4) is 0 Å². The molecule has 0 spiro atoms. The van der Waals surface area contributed by atoms with Crippen molar-refractivity contribution in [3.05, 3.63) is 54.1 Å². The molecule has 1 N–H and O–H groups in total. The van der Waals surface area contributed by atoms with Gasteiger partial charge in [0.05, 0.1) is 15.5 Å². The second kappa shape index (κ2) is 6.10. The number of sulfone groups is 1. The SMILES string of the molecule is Cc1cc(S(=O)(=O)c2ccccc2)ccc1NS(=O)(=O)C(F)(F)F. The van der Waals surface area contributed by atoms with Gasteiger partial charge in [-0.15, -0.1) is 0 Å². The molecule has 0 fully saturated rings. The fourth-order valence-corrected chi connectivity index (χ4v) is 3.86. The minimum atomic E-state index is -5.57. The van der Waals surface area contributed by atoms with E-state index < -0.39 is 25.4 Å². The minimum Gasteiger partial charge on any atom is -0.276 e. The van der Waals surface area contributed by atoms with E-state index >= 15 is 0 Å². The van der Waals surface area contributed by atoms with Crippen LogP contribution in [-0.2, 0) is 19.9 Å². The molecule has 0 heterocycles. The van der Waals surface area contributed by atoms with E-state index in [0.717, 1.165) is 18.2 Å². The topological polar surface area (TPSA) is 80.3 Å². The third-order valence-electron chi connectivity index (χ3n) is 3.11. The lowest BCUT2D eigenvalue weighted by molar-refractivity contribution is -0.0429. The van der Waals surface area contributed by atoms with Crippen LogP contribution in [0, 0.1) is 6.92 Å². The average molecular weight is 379 g/mol. The predicted molar refractivity (Wildman–Crippen MR) is 81.7 cm³/mol. The van der Waals surface area contributed by atoms with E-state index in [-0.39, 0.29) is 21.0 Å². The maximum absolute atomic E-state index is 12.4. The zero-order chi connectivity index (χ0) is 18.2. The lowest BCUT2D eigenvalue weighted by atomic mass is 10.2. The Kier molecular flexibility index (Phi) is 4.64. The molecular formula is C14H12F3NO4S2. The Morgan fingerprint density at radius 2 is 1.46 bits per heavy atom. The van der Waals surface area contributed by atoms with Crippen LogP contribution in [-0.4, -0.2) is 22.3 Å². The normalized spacial score (nSPS) is 12.8. The van der Waals surface area contributed by atoms with Crippen molar-refractivity contribution in [2.75, 3.05) is 4.72 Å². The third-order valence-corrected chi connectivity index (χ3v) is 5.98. The van der Waals surface area contributed by atoms with E-state index in [2.05, 4.69) is 0 Å². The number of anilines is 1. The van der Waals surface area contributed by atoms with E-state index in [1.165, 1.54) is 35.9 Å². The van der Waals surface area contributed by atoms with Crippen LogP contribution in [0.15, 0.2) is 58.3 Å². The van der Waals surface area contributed by atoms with Crippen LogP contribution in [0.4, 0.5) is 18.9 Å². The predicted octanol–water partition coefficient (Wildman–Crippen LogP) is 3.09. The molecule has 2 aromatic rings. The van der Waals surface area contributed by atoms with Crippen LogP contribution in [0.1, 0.15) is 5.56 Å². The number of benzene rings is 2. The quantitative estimate of drug-likeness (QED) is 0.885. The van der Waals surface area contributed by atoms with Crippen LogP contribution in [0.2, 0.25) is 0 Å². The molecule has 0 aromatic heterocycles. The molecule has 0 atom stereocenters. The highest BCUT2D eigenvalue weighted by Gasteiger charge is 2.46. The molecule has 0 saturated carbocycles. The molecule has 2 aromatic carbocycles. The van der Waals surface area contributed by atoms with Crippen molar-refractivity contribution >= 4 is 25.5 Å². The van der Waals surface area contributed by atoms with Crippen LogP contribution < -0.4 is 4.72 Å². The number of hydrogen-bond donors (Lipinski definition) is 1. The van der Waals surface area contributed by atoms with Crippen LogP contribution >= 0.6 is 0 Å². The Labute approximate surface area is 137 Å². The van der Waals surface area contributed by atoms with Crippen molar-refractivity contribution in [1.29, 1.82) is 0 Å². The molecule has 0 amide bonds. The van der Waals surface area contributed by atoms with Gasteiger partial charge in [0.15, 0.2) is 0 Å². The average Bonchev–Trinajstić information content (AvgIpc) is 2.49. The fraction of sp³-hybridized carbons (Fsp3) is 0.143. The van der Waals surface area contributed by atoms with Crippen LogP contribution in [0.5, 0.6) is 0 Å². The number of aryl methyl sites for hydroxylation is 1.